The lowest BCUT2D eigenvalue weighted by Gasteiger charge is -2.14. The molecule has 5 nitrogen and oxygen atoms in total. The Morgan fingerprint density at radius 2 is 1.96 bits per heavy atom. The van der Waals surface area contributed by atoms with Crippen LogP contribution < -0.4 is 5.32 Å². The van der Waals surface area contributed by atoms with Crippen LogP contribution in [0.2, 0.25) is 0 Å². The van der Waals surface area contributed by atoms with Crippen LogP contribution in [0.1, 0.15) is 42.5 Å². The van der Waals surface area contributed by atoms with Gasteiger partial charge >= 0.3 is 0 Å². The van der Waals surface area contributed by atoms with Gasteiger partial charge in [-0.1, -0.05) is 31.2 Å². The summed E-state index contributed by atoms with van der Waals surface area (Å²) in [5.74, 6) is 0.635. The number of hydrogen-bond donors (Lipinski definition) is 3. The van der Waals surface area contributed by atoms with Crippen molar-refractivity contribution >= 4 is 10.8 Å². The van der Waals surface area contributed by atoms with Crippen molar-refractivity contribution in [1.29, 1.82) is 0 Å². The summed E-state index contributed by atoms with van der Waals surface area (Å²) in [6, 6.07) is 11.6. The molecule has 25 heavy (non-hydrogen) atoms. The summed E-state index contributed by atoms with van der Waals surface area (Å²) in [7, 11) is 1.95. The van der Waals surface area contributed by atoms with Gasteiger partial charge in [0.05, 0.1) is 11.9 Å². The second-order valence-corrected chi connectivity index (χ2v) is 6.49. The number of benzene rings is 2. The van der Waals surface area contributed by atoms with Crippen molar-refractivity contribution < 1.29 is 10.3 Å². The van der Waals surface area contributed by atoms with E-state index in [1.165, 1.54) is 0 Å². The van der Waals surface area contributed by atoms with Crippen molar-refractivity contribution in [2.45, 2.75) is 32.1 Å². The summed E-state index contributed by atoms with van der Waals surface area (Å²) in [4.78, 5) is 0.930. The van der Waals surface area contributed by atoms with Gasteiger partial charge in [-0.15, -0.1) is 9.94 Å². The molecule has 0 fully saturated rings. The molecule has 0 amide bonds. The molecule has 0 bridgehead atoms. The smallest absolute Gasteiger partial charge is 0.116 e. The summed E-state index contributed by atoms with van der Waals surface area (Å²) in [5.41, 5.74) is 3.13. The van der Waals surface area contributed by atoms with Crippen molar-refractivity contribution in [2.24, 2.45) is 0 Å². The molecule has 132 valence electrons. The standard InChI is InChI=1S/C20H25N3O2/c1-3-15(8-9-21-2)19-13-23(25)22-20(19)11-14-4-5-16-6-7-18(24)12-17(16)10-14/h4-7,10,12-13,15,21,24-25H,3,8-9,11H2,1-2H3. The molecule has 0 saturated carbocycles. The van der Waals surface area contributed by atoms with Crippen LogP contribution in [-0.2, 0) is 6.42 Å². The zero-order chi connectivity index (χ0) is 17.8. The summed E-state index contributed by atoms with van der Waals surface area (Å²) in [6.45, 7) is 3.10. The summed E-state index contributed by atoms with van der Waals surface area (Å²) in [6.07, 6.45) is 4.40. The number of nitrogens with one attached hydrogen (secondary N) is 1. The SMILES string of the molecule is CCC(CCNC)c1cn(O)nc1Cc1ccc2ccc(O)cc2c1. The van der Waals surface area contributed by atoms with E-state index in [9.17, 15) is 10.3 Å². The van der Waals surface area contributed by atoms with E-state index in [0.29, 0.717) is 12.3 Å². The maximum absolute atomic E-state index is 9.85. The van der Waals surface area contributed by atoms with Crippen LogP contribution in [0.15, 0.2) is 42.6 Å². The van der Waals surface area contributed by atoms with Gasteiger partial charge in [-0.3, -0.25) is 0 Å². The van der Waals surface area contributed by atoms with Gasteiger partial charge in [-0.05, 0) is 60.8 Å². The molecule has 1 atom stereocenters. The Labute approximate surface area is 147 Å². The molecular formula is C20H25N3O2. The van der Waals surface area contributed by atoms with Gasteiger partial charge in [-0.2, -0.15) is 0 Å². The Hall–Kier alpha value is -2.53. The second-order valence-electron chi connectivity index (χ2n) is 6.49. The van der Waals surface area contributed by atoms with Crippen molar-refractivity contribution in [1.82, 2.24) is 15.3 Å². The number of nitrogens with zero attached hydrogens (tertiary/aromatic N) is 2. The minimum atomic E-state index is 0.267. The normalized spacial score (nSPS) is 12.6. The monoisotopic (exact) mass is 339 g/mol. The Morgan fingerprint density at radius 3 is 2.72 bits per heavy atom. The lowest BCUT2D eigenvalue weighted by atomic mass is 9.91. The minimum absolute atomic E-state index is 0.267. The first-order chi connectivity index (χ1) is 12.1. The van der Waals surface area contributed by atoms with Crippen LogP contribution in [0, 0.1) is 0 Å². The Bertz CT molecular complexity index is 857. The fourth-order valence-corrected chi connectivity index (χ4v) is 3.37. The maximum Gasteiger partial charge on any atom is 0.116 e. The van der Waals surface area contributed by atoms with E-state index >= 15 is 0 Å². The molecule has 1 aromatic heterocycles. The van der Waals surface area contributed by atoms with Crippen LogP contribution in [-0.4, -0.2) is 33.9 Å². The lowest BCUT2D eigenvalue weighted by molar-refractivity contribution is 0.147. The molecule has 0 saturated heterocycles. The van der Waals surface area contributed by atoms with Gasteiger partial charge in [0.2, 0.25) is 0 Å². The molecule has 3 aromatic rings. The third kappa shape index (κ3) is 3.94. The number of aromatic nitrogens is 2. The maximum atomic E-state index is 9.85. The van der Waals surface area contributed by atoms with Gasteiger partial charge in [0.25, 0.3) is 0 Å². The number of phenolic OH excluding ortho intramolecular Hbond substituents is 1. The molecule has 0 radical (unpaired) electrons. The largest absolute Gasteiger partial charge is 0.508 e. The molecule has 1 heterocycles. The van der Waals surface area contributed by atoms with Crippen LogP contribution in [0.5, 0.6) is 5.75 Å². The fraction of sp³-hybridized carbons (Fsp3) is 0.350. The van der Waals surface area contributed by atoms with E-state index < -0.39 is 0 Å². The van der Waals surface area contributed by atoms with E-state index in [2.05, 4.69) is 35.5 Å². The zero-order valence-electron chi connectivity index (χ0n) is 14.7. The van der Waals surface area contributed by atoms with Crippen LogP contribution in [0.3, 0.4) is 0 Å². The average molecular weight is 339 g/mol. The third-order valence-corrected chi connectivity index (χ3v) is 4.75. The van der Waals surface area contributed by atoms with Gasteiger partial charge < -0.3 is 15.6 Å². The van der Waals surface area contributed by atoms with Gasteiger partial charge in [0.15, 0.2) is 0 Å². The number of phenols is 1. The highest BCUT2D eigenvalue weighted by molar-refractivity contribution is 5.84. The summed E-state index contributed by atoms with van der Waals surface area (Å²) >= 11 is 0. The van der Waals surface area contributed by atoms with Gasteiger partial charge in [0.1, 0.15) is 5.75 Å². The molecule has 0 aliphatic carbocycles. The van der Waals surface area contributed by atoms with Crippen LogP contribution in [0.4, 0.5) is 0 Å². The topological polar surface area (TPSA) is 70.3 Å². The Morgan fingerprint density at radius 1 is 1.16 bits per heavy atom. The van der Waals surface area contributed by atoms with Crippen molar-refractivity contribution in [3.8, 4) is 5.75 Å². The zero-order valence-corrected chi connectivity index (χ0v) is 14.7. The molecular weight excluding hydrogens is 314 g/mol. The van der Waals surface area contributed by atoms with Crippen molar-refractivity contribution in [2.75, 3.05) is 13.6 Å². The fourth-order valence-electron chi connectivity index (χ4n) is 3.37. The van der Waals surface area contributed by atoms with E-state index in [0.717, 1.165) is 51.8 Å². The molecule has 0 aliphatic heterocycles. The van der Waals surface area contributed by atoms with Gasteiger partial charge in [0, 0.05) is 12.0 Å². The van der Waals surface area contributed by atoms with Crippen LogP contribution >= 0.6 is 0 Å². The number of fused-ring (bicyclic) bond motifs is 1. The highest BCUT2D eigenvalue weighted by atomic mass is 16.5. The van der Waals surface area contributed by atoms with E-state index in [1.54, 1.807) is 18.3 Å². The predicted molar refractivity (Wildman–Crippen MR) is 99.4 cm³/mol. The first-order valence-corrected chi connectivity index (χ1v) is 8.74. The number of hydrogen-bond acceptors (Lipinski definition) is 4. The molecule has 0 spiro atoms. The highest BCUT2D eigenvalue weighted by Crippen LogP contribution is 2.28. The molecule has 0 aliphatic rings. The summed E-state index contributed by atoms with van der Waals surface area (Å²) < 4.78 is 0. The second kappa shape index (κ2) is 7.57. The highest BCUT2D eigenvalue weighted by Gasteiger charge is 2.18. The first kappa shape index (κ1) is 17.3. The van der Waals surface area contributed by atoms with E-state index in [4.69, 9.17) is 0 Å². The van der Waals surface area contributed by atoms with Crippen molar-refractivity contribution in [3.63, 3.8) is 0 Å². The molecule has 3 rings (SSSR count). The summed E-state index contributed by atoms with van der Waals surface area (Å²) in [5, 5.41) is 29.1. The molecule has 3 N–H and O–H groups in total. The van der Waals surface area contributed by atoms with Crippen LogP contribution in [0.25, 0.3) is 10.8 Å². The average Bonchev–Trinajstić information content (AvgIpc) is 2.95. The Kier molecular flexibility index (Phi) is 5.24. The van der Waals surface area contributed by atoms with E-state index in [-0.39, 0.29) is 5.75 Å². The third-order valence-electron chi connectivity index (χ3n) is 4.75. The number of aromatic hydroxyl groups is 1. The lowest BCUT2D eigenvalue weighted by Crippen LogP contribution is -2.12. The Balaban J connectivity index is 1.90. The van der Waals surface area contributed by atoms with E-state index in [1.807, 2.05) is 13.1 Å². The predicted octanol–water partition coefficient (Wildman–Crippen LogP) is 3.67. The minimum Gasteiger partial charge on any atom is -0.508 e. The molecule has 1 unspecified atom stereocenters. The quantitative estimate of drug-likeness (QED) is 0.574. The van der Waals surface area contributed by atoms with Crippen molar-refractivity contribution in [3.05, 3.63) is 59.4 Å². The molecule has 2 aromatic carbocycles. The molecule has 5 heteroatoms. The van der Waals surface area contributed by atoms with Gasteiger partial charge in [-0.25, -0.2) is 0 Å². The number of rotatable bonds is 7. The first-order valence-electron chi connectivity index (χ1n) is 8.74.